The Morgan fingerprint density at radius 2 is 1.60 bits per heavy atom. The Balaban J connectivity index is 3.14. The maximum Gasteiger partial charge on any atom is 0.303 e. The lowest BCUT2D eigenvalue weighted by Gasteiger charge is -2.28. The first-order valence-corrected chi connectivity index (χ1v) is 5.69. The molecule has 2 nitrogen and oxygen atoms in total. The van der Waals surface area contributed by atoms with E-state index in [-0.39, 0.29) is 12.1 Å². The zero-order chi connectivity index (χ0) is 15.7. The third kappa shape index (κ3) is 3.91. The van der Waals surface area contributed by atoms with E-state index in [0.29, 0.717) is 0 Å². The number of carbonyl (C=O) groups is 1. The Morgan fingerprint density at radius 3 is 2.00 bits per heavy atom. The van der Waals surface area contributed by atoms with E-state index in [1.165, 1.54) is 13.8 Å². The fourth-order valence-electron chi connectivity index (χ4n) is 2.05. The van der Waals surface area contributed by atoms with Gasteiger partial charge in [-0.2, -0.15) is 0 Å². The second-order valence-corrected chi connectivity index (χ2v) is 5.36. The largest absolute Gasteiger partial charge is 0.481 e. The molecule has 1 aromatic rings. The summed E-state index contributed by atoms with van der Waals surface area (Å²) in [7, 11) is 0. The maximum absolute atomic E-state index is 14.0. The van der Waals surface area contributed by atoms with Crippen LogP contribution in [-0.4, -0.2) is 11.1 Å². The van der Waals surface area contributed by atoms with Gasteiger partial charge in [-0.1, -0.05) is 13.8 Å². The second kappa shape index (κ2) is 5.38. The number of halogens is 5. The van der Waals surface area contributed by atoms with Crippen LogP contribution in [0.3, 0.4) is 0 Å². The van der Waals surface area contributed by atoms with E-state index < -0.39 is 53.2 Å². The third-order valence-corrected chi connectivity index (χ3v) is 2.70. The fourth-order valence-corrected chi connectivity index (χ4v) is 2.05. The minimum atomic E-state index is -3.94. The predicted molar refractivity (Wildman–Crippen MR) is 60.9 cm³/mol. The molecule has 1 aromatic carbocycles. The van der Waals surface area contributed by atoms with Crippen molar-refractivity contribution in [1.82, 2.24) is 0 Å². The van der Waals surface area contributed by atoms with Gasteiger partial charge < -0.3 is 5.11 Å². The van der Waals surface area contributed by atoms with E-state index in [4.69, 9.17) is 5.11 Å². The standard InChI is InChI=1S/C13H13F5O2/c1-12(2,5-10(19)20)6-13(17,18)11-8(15)3-7(14)4-9(11)16/h3-4H,5-6H2,1-2H3,(H,19,20). The van der Waals surface area contributed by atoms with E-state index in [9.17, 15) is 26.7 Å². The van der Waals surface area contributed by atoms with Crippen LogP contribution in [0, 0.1) is 22.9 Å². The summed E-state index contributed by atoms with van der Waals surface area (Å²) in [6.07, 6.45) is -1.67. The molecule has 0 heterocycles. The smallest absolute Gasteiger partial charge is 0.303 e. The van der Waals surface area contributed by atoms with Gasteiger partial charge in [-0.3, -0.25) is 4.79 Å². The Labute approximate surface area is 112 Å². The van der Waals surface area contributed by atoms with E-state index >= 15 is 0 Å². The lowest BCUT2D eigenvalue weighted by molar-refractivity contribution is -0.141. The normalized spacial score (nSPS) is 12.6. The summed E-state index contributed by atoms with van der Waals surface area (Å²) in [5.41, 5.74) is -2.93. The zero-order valence-corrected chi connectivity index (χ0v) is 10.8. The average Bonchev–Trinajstić information content (AvgIpc) is 2.08. The molecule has 20 heavy (non-hydrogen) atoms. The number of benzene rings is 1. The molecule has 1 N–H and O–H groups in total. The molecule has 0 aliphatic rings. The van der Waals surface area contributed by atoms with Crippen molar-refractivity contribution in [3.05, 3.63) is 35.1 Å². The molecule has 0 atom stereocenters. The van der Waals surface area contributed by atoms with Crippen LogP contribution in [0.5, 0.6) is 0 Å². The van der Waals surface area contributed by atoms with Crippen LogP contribution in [0.2, 0.25) is 0 Å². The number of aliphatic carboxylic acids is 1. The van der Waals surface area contributed by atoms with Crippen LogP contribution in [0.25, 0.3) is 0 Å². The lowest BCUT2D eigenvalue weighted by atomic mass is 9.81. The van der Waals surface area contributed by atoms with E-state index in [2.05, 4.69) is 0 Å². The molecule has 0 spiro atoms. The molecule has 112 valence electrons. The van der Waals surface area contributed by atoms with Crippen molar-refractivity contribution in [3.8, 4) is 0 Å². The molecule has 0 saturated heterocycles. The number of rotatable bonds is 5. The highest BCUT2D eigenvalue weighted by molar-refractivity contribution is 5.67. The van der Waals surface area contributed by atoms with Crippen LogP contribution in [-0.2, 0) is 10.7 Å². The maximum atomic E-state index is 14.0. The van der Waals surface area contributed by atoms with Gasteiger partial charge in [0.05, 0.1) is 12.0 Å². The molecule has 0 fully saturated rings. The minimum absolute atomic E-state index is 0.163. The number of hydrogen-bond donors (Lipinski definition) is 1. The summed E-state index contributed by atoms with van der Waals surface area (Å²) in [5, 5.41) is 8.62. The Kier molecular flexibility index (Phi) is 4.41. The summed E-state index contributed by atoms with van der Waals surface area (Å²) < 4.78 is 67.4. The second-order valence-electron chi connectivity index (χ2n) is 5.36. The summed E-state index contributed by atoms with van der Waals surface area (Å²) in [4.78, 5) is 10.6. The van der Waals surface area contributed by atoms with Crippen molar-refractivity contribution in [3.63, 3.8) is 0 Å². The van der Waals surface area contributed by atoms with Gasteiger partial charge in [0.2, 0.25) is 0 Å². The third-order valence-electron chi connectivity index (χ3n) is 2.70. The SMILES string of the molecule is CC(C)(CC(=O)O)CC(F)(F)c1c(F)cc(F)cc1F. The van der Waals surface area contributed by atoms with Crippen molar-refractivity contribution >= 4 is 5.97 Å². The molecule has 7 heteroatoms. The molecule has 0 radical (unpaired) electrons. The van der Waals surface area contributed by atoms with Crippen LogP contribution < -0.4 is 0 Å². The van der Waals surface area contributed by atoms with Crippen LogP contribution in [0.15, 0.2) is 12.1 Å². The molecule has 0 bridgehead atoms. The molecule has 0 aliphatic heterocycles. The first-order valence-electron chi connectivity index (χ1n) is 5.69. The lowest BCUT2D eigenvalue weighted by Crippen LogP contribution is -2.28. The van der Waals surface area contributed by atoms with Gasteiger partial charge >= 0.3 is 5.97 Å². The Morgan fingerprint density at radius 1 is 1.15 bits per heavy atom. The highest BCUT2D eigenvalue weighted by atomic mass is 19.3. The van der Waals surface area contributed by atoms with Crippen LogP contribution in [0.4, 0.5) is 22.0 Å². The first-order chi connectivity index (χ1) is 8.94. The number of carboxylic acids is 1. The molecular formula is C13H13F5O2. The summed E-state index contributed by atoms with van der Waals surface area (Å²) in [6, 6.07) is 0.326. The Hall–Kier alpha value is -1.66. The zero-order valence-electron chi connectivity index (χ0n) is 10.8. The monoisotopic (exact) mass is 296 g/mol. The van der Waals surface area contributed by atoms with E-state index in [0.717, 1.165) is 0 Å². The molecule has 0 aliphatic carbocycles. The first kappa shape index (κ1) is 16.4. The van der Waals surface area contributed by atoms with Gasteiger partial charge in [0.1, 0.15) is 17.5 Å². The molecule has 0 amide bonds. The number of alkyl halides is 2. The molecule has 0 unspecified atom stereocenters. The topological polar surface area (TPSA) is 37.3 Å². The van der Waals surface area contributed by atoms with Gasteiger partial charge in [0.15, 0.2) is 0 Å². The molecular weight excluding hydrogens is 283 g/mol. The number of carboxylic acid groups (broad SMARTS) is 1. The van der Waals surface area contributed by atoms with E-state index in [1.807, 2.05) is 0 Å². The predicted octanol–water partition coefficient (Wildman–Crippen LogP) is 4.09. The van der Waals surface area contributed by atoms with Gasteiger partial charge in [-0.15, -0.1) is 0 Å². The van der Waals surface area contributed by atoms with Crippen LogP contribution >= 0.6 is 0 Å². The van der Waals surface area contributed by atoms with Crippen molar-refractivity contribution < 1.29 is 31.9 Å². The fraction of sp³-hybridized carbons (Fsp3) is 0.462. The van der Waals surface area contributed by atoms with Gasteiger partial charge in [0, 0.05) is 18.6 Å². The summed E-state index contributed by atoms with van der Waals surface area (Å²) in [6.45, 7) is 2.49. The van der Waals surface area contributed by atoms with Crippen molar-refractivity contribution in [2.75, 3.05) is 0 Å². The highest BCUT2D eigenvalue weighted by Crippen LogP contribution is 2.43. The van der Waals surface area contributed by atoms with E-state index in [1.54, 1.807) is 0 Å². The summed E-state index contributed by atoms with van der Waals surface area (Å²) in [5.74, 6) is -9.94. The average molecular weight is 296 g/mol. The van der Waals surface area contributed by atoms with Crippen LogP contribution in [0.1, 0.15) is 32.3 Å². The van der Waals surface area contributed by atoms with Crippen molar-refractivity contribution in [1.29, 1.82) is 0 Å². The minimum Gasteiger partial charge on any atom is -0.481 e. The van der Waals surface area contributed by atoms with Crippen molar-refractivity contribution in [2.24, 2.45) is 5.41 Å². The van der Waals surface area contributed by atoms with Gasteiger partial charge in [0.25, 0.3) is 5.92 Å². The van der Waals surface area contributed by atoms with Gasteiger partial charge in [-0.25, -0.2) is 22.0 Å². The molecule has 0 aromatic heterocycles. The Bertz CT molecular complexity index is 502. The van der Waals surface area contributed by atoms with Crippen molar-refractivity contribution in [2.45, 2.75) is 32.6 Å². The summed E-state index contributed by atoms with van der Waals surface area (Å²) >= 11 is 0. The highest BCUT2D eigenvalue weighted by Gasteiger charge is 2.43. The van der Waals surface area contributed by atoms with Gasteiger partial charge in [-0.05, 0) is 5.41 Å². The molecule has 1 rings (SSSR count). The quantitative estimate of drug-likeness (QED) is 0.831. The molecule has 0 saturated carbocycles. The number of hydrogen-bond acceptors (Lipinski definition) is 1.